The van der Waals surface area contributed by atoms with E-state index < -0.39 is 24.0 Å². The summed E-state index contributed by atoms with van der Waals surface area (Å²) in [5, 5.41) is 23.1. The maximum atomic E-state index is 14.1. The van der Waals surface area contributed by atoms with Crippen molar-refractivity contribution in [2.24, 2.45) is 5.92 Å². The fourth-order valence-electron chi connectivity index (χ4n) is 8.04. The lowest BCUT2D eigenvalue weighted by Crippen LogP contribution is -2.56. The molecule has 10 nitrogen and oxygen atoms in total. The van der Waals surface area contributed by atoms with Gasteiger partial charge >= 0.3 is 5.97 Å². The SMILES string of the molecule is N#Cc1ccc(-c2ccc(CC(NC(=O)[C@@H]3Cc4cc5c(cc4CN3C(=O)C3CCCC3)O[C@@H](c3ccc(OCc4ccc(Cl)c(Cl)c4)cc3)CO5)C(=O)O)cc2)cc1. The molecule has 1 saturated carbocycles. The summed E-state index contributed by atoms with van der Waals surface area (Å²) in [5.41, 5.74) is 6.63. The van der Waals surface area contributed by atoms with Gasteiger partial charge in [-0.15, -0.1) is 0 Å². The highest BCUT2D eigenvalue weighted by atomic mass is 35.5. The number of hydrogen-bond donors (Lipinski definition) is 2. The first-order valence-corrected chi connectivity index (χ1v) is 20.4. The number of ether oxygens (including phenoxy) is 3. The summed E-state index contributed by atoms with van der Waals surface area (Å²) in [6.45, 7) is 0.779. The van der Waals surface area contributed by atoms with Crippen LogP contribution < -0.4 is 19.5 Å². The molecule has 12 heteroatoms. The van der Waals surface area contributed by atoms with Crippen molar-refractivity contribution in [1.82, 2.24) is 10.2 Å². The third kappa shape index (κ3) is 9.02. The summed E-state index contributed by atoms with van der Waals surface area (Å²) >= 11 is 12.2. The molecule has 0 spiro atoms. The average molecular weight is 831 g/mol. The van der Waals surface area contributed by atoms with Crippen molar-refractivity contribution in [2.45, 2.75) is 69.9 Å². The van der Waals surface area contributed by atoms with Crippen molar-refractivity contribution >= 4 is 41.0 Å². The number of fused-ring (bicyclic) bond motifs is 2. The van der Waals surface area contributed by atoms with E-state index in [2.05, 4.69) is 11.4 Å². The molecule has 8 rings (SSSR count). The van der Waals surface area contributed by atoms with Gasteiger partial charge < -0.3 is 29.5 Å². The zero-order valence-electron chi connectivity index (χ0n) is 32.0. The first kappa shape index (κ1) is 39.8. The Morgan fingerprint density at radius 2 is 1.53 bits per heavy atom. The van der Waals surface area contributed by atoms with E-state index in [0.717, 1.165) is 64.6 Å². The second kappa shape index (κ2) is 17.5. The molecule has 59 heavy (non-hydrogen) atoms. The Kier molecular flexibility index (Phi) is 11.8. The van der Waals surface area contributed by atoms with Gasteiger partial charge in [0.15, 0.2) is 17.6 Å². The number of halogens is 2. The lowest BCUT2D eigenvalue weighted by atomic mass is 9.90. The van der Waals surface area contributed by atoms with Crippen LogP contribution in [-0.4, -0.2) is 46.5 Å². The zero-order chi connectivity index (χ0) is 41.0. The quantitative estimate of drug-likeness (QED) is 0.135. The fourth-order valence-corrected chi connectivity index (χ4v) is 8.36. The number of nitriles is 1. The Labute approximate surface area is 352 Å². The highest BCUT2D eigenvalue weighted by Crippen LogP contribution is 2.42. The highest BCUT2D eigenvalue weighted by molar-refractivity contribution is 6.42. The number of benzene rings is 5. The molecule has 0 aromatic heterocycles. The van der Waals surface area contributed by atoms with Gasteiger partial charge in [-0.05, 0) is 100 Å². The minimum absolute atomic E-state index is 0.0585. The summed E-state index contributed by atoms with van der Waals surface area (Å²) in [7, 11) is 0. The number of carboxylic acid groups (broad SMARTS) is 1. The van der Waals surface area contributed by atoms with Gasteiger partial charge in [0, 0.05) is 25.3 Å². The molecule has 2 N–H and O–H groups in total. The molecule has 3 aliphatic rings. The van der Waals surface area contributed by atoms with Crippen LogP contribution in [0.5, 0.6) is 17.2 Å². The van der Waals surface area contributed by atoms with Gasteiger partial charge in [-0.25, -0.2) is 4.79 Å². The van der Waals surface area contributed by atoms with E-state index in [9.17, 15) is 19.5 Å². The van der Waals surface area contributed by atoms with Gasteiger partial charge in [-0.2, -0.15) is 5.26 Å². The Morgan fingerprint density at radius 3 is 2.20 bits per heavy atom. The number of carbonyl (C=O) groups excluding carboxylic acids is 2. The van der Waals surface area contributed by atoms with Crippen LogP contribution in [0.25, 0.3) is 11.1 Å². The number of nitrogens with one attached hydrogen (secondary N) is 1. The molecule has 0 radical (unpaired) electrons. The van der Waals surface area contributed by atoms with E-state index >= 15 is 0 Å². The van der Waals surface area contributed by atoms with Crippen molar-refractivity contribution in [3.05, 3.63) is 147 Å². The Balaban J connectivity index is 0.957. The number of carboxylic acids is 1. The molecule has 1 aliphatic carbocycles. The second-order valence-electron chi connectivity index (χ2n) is 15.2. The molecule has 300 valence electrons. The standard InChI is InChI=1S/C47H41Cl2N3O7/c48-38-18-9-30(19-39(38)49)26-57-37-16-14-33(15-17-37)44-27-58-42-22-35-21-41(52(25-36(35)23-43(42)59-44)46(54)34-3-1-2-4-34)45(53)51-40(47(55)56)20-28-5-10-31(11-6-28)32-12-7-29(24-50)8-13-32/h5-19,22-23,34,40-41,44H,1-4,20-21,25-27H2,(H,51,53)(H,55,56)/t40?,41-,44+/m0/s1. The van der Waals surface area contributed by atoms with E-state index in [1.807, 2.05) is 78.9 Å². The maximum absolute atomic E-state index is 14.1. The topological polar surface area (TPSA) is 138 Å². The highest BCUT2D eigenvalue weighted by Gasteiger charge is 2.40. The van der Waals surface area contributed by atoms with Crippen LogP contribution in [0, 0.1) is 17.2 Å². The molecule has 1 fully saturated rings. The van der Waals surface area contributed by atoms with Crippen LogP contribution in [-0.2, 0) is 40.4 Å². The van der Waals surface area contributed by atoms with Gasteiger partial charge in [0.05, 0.1) is 21.7 Å². The molecule has 2 aliphatic heterocycles. The third-order valence-corrected chi connectivity index (χ3v) is 12.1. The summed E-state index contributed by atoms with van der Waals surface area (Å²) in [6.07, 6.45) is 3.30. The molecule has 3 atom stereocenters. The van der Waals surface area contributed by atoms with Gasteiger partial charge in [-0.1, -0.05) is 90.6 Å². The molecule has 5 aromatic rings. The third-order valence-electron chi connectivity index (χ3n) is 11.3. The summed E-state index contributed by atoms with van der Waals surface area (Å²) < 4.78 is 18.6. The van der Waals surface area contributed by atoms with E-state index in [4.69, 9.17) is 42.7 Å². The molecule has 2 heterocycles. The predicted octanol–water partition coefficient (Wildman–Crippen LogP) is 8.88. The number of hydrogen-bond acceptors (Lipinski definition) is 7. The molecule has 1 unspecified atom stereocenters. The normalized spacial score (nSPS) is 17.7. The van der Waals surface area contributed by atoms with E-state index in [1.54, 1.807) is 29.2 Å². The van der Waals surface area contributed by atoms with Crippen molar-refractivity contribution in [3.63, 3.8) is 0 Å². The zero-order valence-corrected chi connectivity index (χ0v) is 33.5. The van der Waals surface area contributed by atoms with Crippen molar-refractivity contribution < 1.29 is 33.7 Å². The number of rotatable bonds is 11. The van der Waals surface area contributed by atoms with Crippen LogP contribution in [0.1, 0.15) is 65.2 Å². The smallest absolute Gasteiger partial charge is 0.326 e. The second-order valence-corrected chi connectivity index (χ2v) is 16.1. The van der Waals surface area contributed by atoms with Crippen molar-refractivity contribution in [3.8, 4) is 34.4 Å². The first-order valence-electron chi connectivity index (χ1n) is 19.7. The Bertz CT molecular complexity index is 2410. The van der Waals surface area contributed by atoms with E-state index in [-0.39, 0.29) is 43.9 Å². The van der Waals surface area contributed by atoms with Crippen LogP contribution in [0.15, 0.2) is 103 Å². The van der Waals surface area contributed by atoms with Gasteiger partial charge in [0.1, 0.15) is 31.0 Å². The summed E-state index contributed by atoms with van der Waals surface area (Å²) in [6, 6.07) is 31.4. The number of aliphatic carboxylic acids is 1. The summed E-state index contributed by atoms with van der Waals surface area (Å²) in [5.74, 6) is -0.179. The molecular weight excluding hydrogens is 789 g/mol. The van der Waals surface area contributed by atoms with Crippen LogP contribution in [0.2, 0.25) is 10.0 Å². The lowest BCUT2D eigenvalue weighted by Gasteiger charge is -2.39. The Morgan fingerprint density at radius 1 is 0.847 bits per heavy atom. The van der Waals surface area contributed by atoms with E-state index in [0.29, 0.717) is 39.5 Å². The van der Waals surface area contributed by atoms with Gasteiger partial charge in [0.2, 0.25) is 11.8 Å². The molecular formula is C47H41Cl2N3O7. The maximum Gasteiger partial charge on any atom is 0.326 e. The molecule has 2 amide bonds. The van der Waals surface area contributed by atoms with Crippen LogP contribution in [0.3, 0.4) is 0 Å². The summed E-state index contributed by atoms with van der Waals surface area (Å²) in [4.78, 5) is 42.3. The largest absolute Gasteiger partial charge is 0.489 e. The number of carbonyl (C=O) groups is 3. The molecule has 0 saturated heterocycles. The van der Waals surface area contributed by atoms with Crippen molar-refractivity contribution in [1.29, 1.82) is 5.26 Å². The minimum Gasteiger partial charge on any atom is -0.489 e. The van der Waals surface area contributed by atoms with Crippen molar-refractivity contribution in [2.75, 3.05) is 6.61 Å². The fraction of sp³-hybridized carbons (Fsp3) is 0.277. The lowest BCUT2D eigenvalue weighted by molar-refractivity contribution is -0.147. The van der Waals surface area contributed by atoms with Crippen LogP contribution in [0.4, 0.5) is 0 Å². The van der Waals surface area contributed by atoms with Crippen LogP contribution >= 0.6 is 23.2 Å². The molecule has 0 bridgehead atoms. The number of nitrogens with zero attached hydrogens (tertiary/aromatic N) is 2. The van der Waals surface area contributed by atoms with Gasteiger partial charge in [-0.3, -0.25) is 9.59 Å². The Hall–Kier alpha value is -6.02. The monoisotopic (exact) mass is 829 g/mol. The van der Waals surface area contributed by atoms with Gasteiger partial charge in [0.25, 0.3) is 0 Å². The van der Waals surface area contributed by atoms with E-state index in [1.165, 1.54) is 0 Å². The predicted molar refractivity (Wildman–Crippen MR) is 222 cm³/mol. The average Bonchev–Trinajstić information content (AvgIpc) is 3.81. The minimum atomic E-state index is -1.21. The number of amides is 2. The molecule has 5 aromatic carbocycles. The first-order chi connectivity index (χ1) is 28.6.